The molecule has 1 fully saturated rings. The smallest absolute Gasteiger partial charge is 0.117 e. The largest absolute Gasteiger partial charge is 0.316 e. The van der Waals surface area contributed by atoms with Gasteiger partial charge in [0.05, 0.1) is 0 Å². The average molecular weight is 177 g/mol. The normalized spacial score (nSPS) is 22.9. The highest BCUT2D eigenvalue weighted by Gasteiger charge is 2.18. The standard InChI is InChI=1S/C10H15N3/c1-2-13-7-6-12-10(13)9-4-3-5-11-8-9/h2,6-7,9,11H,1,3-5,8H2. The molecule has 2 heterocycles. The summed E-state index contributed by atoms with van der Waals surface area (Å²) in [6.45, 7) is 5.95. The molecule has 3 heteroatoms. The van der Waals surface area contributed by atoms with E-state index in [2.05, 4.69) is 16.9 Å². The van der Waals surface area contributed by atoms with Gasteiger partial charge in [-0.05, 0) is 19.4 Å². The molecule has 3 nitrogen and oxygen atoms in total. The van der Waals surface area contributed by atoms with Gasteiger partial charge >= 0.3 is 0 Å². The van der Waals surface area contributed by atoms with Crippen molar-refractivity contribution in [3.8, 4) is 0 Å². The highest BCUT2D eigenvalue weighted by molar-refractivity contribution is 5.22. The van der Waals surface area contributed by atoms with Crippen LogP contribution in [0.5, 0.6) is 0 Å². The molecule has 0 aliphatic carbocycles. The number of aromatic nitrogens is 2. The van der Waals surface area contributed by atoms with Gasteiger partial charge in [0.15, 0.2) is 0 Å². The maximum absolute atomic E-state index is 4.36. The topological polar surface area (TPSA) is 29.9 Å². The molecule has 0 amide bonds. The first kappa shape index (κ1) is 8.51. The summed E-state index contributed by atoms with van der Waals surface area (Å²) in [6.07, 6.45) is 8.09. The minimum Gasteiger partial charge on any atom is -0.316 e. The van der Waals surface area contributed by atoms with Crippen LogP contribution in [0.3, 0.4) is 0 Å². The molecule has 1 aliphatic rings. The van der Waals surface area contributed by atoms with E-state index in [1.807, 2.05) is 23.2 Å². The Bertz CT molecular complexity index is 284. The minimum atomic E-state index is 0.557. The van der Waals surface area contributed by atoms with E-state index >= 15 is 0 Å². The summed E-state index contributed by atoms with van der Waals surface area (Å²) in [5, 5.41) is 3.39. The molecule has 0 radical (unpaired) electrons. The molecule has 0 saturated carbocycles. The van der Waals surface area contributed by atoms with Gasteiger partial charge in [0.2, 0.25) is 0 Å². The zero-order chi connectivity index (χ0) is 9.10. The average Bonchev–Trinajstić information content (AvgIpc) is 2.67. The van der Waals surface area contributed by atoms with Crippen molar-refractivity contribution in [2.24, 2.45) is 0 Å². The van der Waals surface area contributed by atoms with Crippen molar-refractivity contribution in [2.45, 2.75) is 18.8 Å². The van der Waals surface area contributed by atoms with E-state index in [-0.39, 0.29) is 0 Å². The molecule has 1 aromatic rings. The van der Waals surface area contributed by atoms with E-state index in [1.165, 1.54) is 12.8 Å². The number of rotatable bonds is 2. The lowest BCUT2D eigenvalue weighted by Gasteiger charge is -2.22. The molecule has 0 aromatic carbocycles. The van der Waals surface area contributed by atoms with E-state index in [9.17, 15) is 0 Å². The van der Waals surface area contributed by atoms with E-state index in [1.54, 1.807) is 0 Å². The fourth-order valence-electron chi connectivity index (χ4n) is 1.87. The van der Waals surface area contributed by atoms with Crippen molar-refractivity contribution in [3.63, 3.8) is 0 Å². The summed E-state index contributed by atoms with van der Waals surface area (Å²) >= 11 is 0. The van der Waals surface area contributed by atoms with Gasteiger partial charge in [-0.2, -0.15) is 0 Å². The predicted molar refractivity (Wildman–Crippen MR) is 53.5 cm³/mol. The number of hydrogen-bond donors (Lipinski definition) is 1. The third-order valence-corrected chi connectivity index (χ3v) is 2.56. The van der Waals surface area contributed by atoms with Crippen molar-refractivity contribution in [3.05, 3.63) is 24.8 Å². The Hall–Kier alpha value is -1.09. The monoisotopic (exact) mass is 177 g/mol. The Labute approximate surface area is 78.5 Å². The molecule has 2 rings (SSSR count). The first-order chi connectivity index (χ1) is 6.42. The lowest BCUT2D eigenvalue weighted by molar-refractivity contribution is 0.445. The lowest BCUT2D eigenvalue weighted by atomic mass is 9.99. The maximum atomic E-state index is 4.36. The molecule has 0 bridgehead atoms. The van der Waals surface area contributed by atoms with Crippen molar-refractivity contribution in [1.82, 2.24) is 14.9 Å². The zero-order valence-electron chi connectivity index (χ0n) is 7.74. The van der Waals surface area contributed by atoms with Crippen LogP contribution in [-0.4, -0.2) is 22.6 Å². The quantitative estimate of drug-likeness (QED) is 0.741. The van der Waals surface area contributed by atoms with Gasteiger partial charge in [-0.15, -0.1) is 0 Å². The summed E-state index contributed by atoms with van der Waals surface area (Å²) in [5.41, 5.74) is 0. The van der Waals surface area contributed by atoms with E-state index in [4.69, 9.17) is 0 Å². The van der Waals surface area contributed by atoms with Crippen LogP contribution in [0.4, 0.5) is 0 Å². The van der Waals surface area contributed by atoms with Crippen molar-refractivity contribution in [1.29, 1.82) is 0 Å². The fraction of sp³-hybridized carbons (Fsp3) is 0.500. The van der Waals surface area contributed by atoms with Crippen molar-refractivity contribution in [2.75, 3.05) is 13.1 Å². The van der Waals surface area contributed by atoms with E-state index in [0.29, 0.717) is 5.92 Å². The third-order valence-electron chi connectivity index (χ3n) is 2.56. The number of imidazole rings is 1. The van der Waals surface area contributed by atoms with Gasteiger partial charge in [-0.1, -0.05) is 6.58 Å². The SMILES string of the molecule is C=Cn1ccnc1C1CCCNC1. The molecule has 13 heavy (non-hydrogen) atoms. The Morgan fingerprint density at radius 1 is 1.69 bits per heavy atom. The molecule has 1 atom stereocenters. The van der Waals surface area contributed by atoms with Gasteiger partial charge in [-0.25, -0.2) is 4.98 Å². The van der Waals surface area contributed by atoms with Crippen LogP contribution < -0.4 is 5.32 Å². The Morgan fingerprint density at radius 2 is 2.62 bits per heavy atom. The lowest BCUT2D eigenvalue weighted by Crippen LogP contribution is -2.29. The second-order valence-electron chi connectivity index (χ2n) is 3.42. The number of nitrogens with zero attached hydrogens (tertiary/aromatic N) is 2. The van der Waals surface area contributed by atoms with Gasteiger partial charge < -0.3 is 9.88 Å². The molecule has 0 spiro atoms. The summed E-state index contributed by atoms with van der Waals surface area (Å²) < 4.78 is 2.01. The molecular formula is C10H15N3. The first-order valence-electron chi connectivity index (χ1n) is 4.78. The highest BCUT2D eigenvalue weighted by Crippen LogP contribution is 2.21. The van der Waals surface area contributed by atoms with Crippen LogP contribution in [0, 0.1) is 0 Å². The number of piperidine rings is 1. The summed E-state index contributed by atoms with van der Waals surface area (Å²) in [6, 6.07) is 0. The van der Waals surface area contributed by atoms with Crippen molar-refractivity contribution >= 4 is 6.20 Å². The van der Waals surface area contributed by atoms with Crippen LogP contribution in [0.15, 0.2) is 19.0 Å². The molecule has 1 N–H and O–H groups in total. The van der Waals surface area contributed by atoms with Gasteiger partial charge in [0, 0.05) is 31.1 Å². The molecular weight excluding hydrogens is 162 g/mol. The minimum absolute atomic E-state index is 0.557. The van der Waals surface area contributed by atoms with Gasteiger partial charge in [0.1, 0.15) is 5.82 Å². The Kier molecular flexibility index (Phi) is 2.45. The van der Waals surface area contributed by atoms with Crippen LogP contribution in [0.25, 0.3) is 6.20 Å². The van der Waals surface area contributed by atoms with Gasteiger partial charge in [-0.3, -0.25) is 0 Å². The summed E-state index contributed by atoms with van der Waals surface area (Å²) in [5.74, 6) is 1.70. The fourth-order valence-corrected chi connectivity index (χ4v) is 1.87. The summed E-state index contributed by atoms with van der Waals surface area (Å²) in [7, 11) is 0. The molecule has 1 aromatic heterocycles. The second-order valence-corrected chi connectivity index (χ2v) is 3.42. The first-order valence-corrected chi connectivity index (χ1v) is 4.78. The molecule has 1 unspecified atom stereocenters. The molecule has 1 saturated heterocycles. The predicted octanol–water partition coefficient (Wildman–Crippen LogP) is 1.45. The van der Waals surface area contributed by atoms with E-state index in [0.717, 1.165) is 18.9 Å². The van der Waals surface area contributed by atoms with Crippen LogP contribution in [0.1, 0.15) is 24.6 Å². The maximum Gasteiger partial charge on any atom is 0.117 e. The third kappa shape index (κ3) is 1.65. The van der Waals surface area contributed by atoms with Crippen LogP contribution >= 0.6 is 0 Å². The number of nitrogens with one attached hydrogen (secondary N) is 1. The Morgan fingerprint density at radius 3 is 3.31 bits per heavy atom. The Balaban J connectivity index is 2.17. The number of hydrogen-bond acceptors (Lipinski definition) is 2. The zero-order valence-corrected chi connectivity index (χ0v) is 7.74. The second kappa shape index (κ2) is 3.75. The highest BCUT2D eigenvalue weighted by atomic mass is 15.1. The van der Waals surface area contributed by atoms with Crippen LogP contribution in [-0.2, 0) is 0 Å². The van der Waals surface area contributed by atoms with Crippen molar-refractivity contribution < 1.29 is 0 Å². The summed E-state index contributed by atoms with van der Waals surface area (Å²) in [4.78, 5) is 4.36. The molecule has 70 valence electrons. The molecule has 1 aliphatic heterocycles. The van der Waals surface area contributed by atoms with Crippen LogP contribution in [0.2, 0.25) is 0 Å². The van der Waals surface area contributed by atoms with E-state index < -0.39 is 0 Å². The van der Waals surface area contributed by atoms with Gasteiger partial charge in [0.25, 0.3) is 0 Å².